The maximum Gasteiger partial charge on any atom is 0.359 e. The highest BCUT2D eigenvalue weighted by atomic mass is 19.1. The molecular formula is C15H13FN4O4. The molecule has 0 unspecified atom stereocenters. The second kappa shape index (κ2) is 7.77. The van der Waals surface area contributed by atoms with Crippen molar-refractivity contribution in [1.82, 2.24) is 20.8 Å². The summed E-state index contributed by atoms with van der Waals surface area (Å²) in [5.74, 6) is -2.69. The van der Waals surface area contributed by atoms with Gasteiger partial charge in [0, 0.05) is 11.8 Å². The van der Waals surface area contributed by atoms with Crippen molar-refractivity contribution in [3.05, 3.63) is 59.4 Å². The number of nitrogens with one attached hydrogen (secondary N) is 2. The van der Waals surface area contributed by atoms with Crippen LogP contribution < -0.4 is 10.9 Å². The Morgan fingerprint density at radius 3 is 2.42 bits per heavy atom. The zero-order valence-corrected chi connectivity index (χ0v) is 12.6. The molecule has 1 aromatic carbocycles. The molecule has 0 spiro atoms. The van der Waals surface area contributed by atoms with Gasteiger partial charge in [-0.3, -0.25) is 25.4 Å². The van der Waals surface area contributed by atoms with E-state index in [1.54, 1.807) is 6.92 Å². The summed E-state index contributed by atoms with van der Waals surface area (Å²) in [6.45, 7) is 1.09. The maximum absolute atomic E-state index is 12.7. The lowest BCUT2D eigenvalue weighted by Gasteiger charge is -2.08. The Hall–Kier alpha value is -3.36. The number of rotatable bonds is 4. The summed E-state index contributed by atoms with van der Waals surface area (Å²) in [6.07, 6.45) is 2.62. The second-order valence-electron chi connectivity index (χ2n) is 4.63. The average Bonchev–Trinajstić information content (AvgIpc) is 2.58. The Kier molecular flexibility index (Phi) is 5.50. The molecule has 2 aromatic rings. The number of carbonyl (C=O) groups excluding carboxylic acids is 3. The van der Waals surface area contributed by atoms with Crippen molar-refractivity contribution < 1.29 is 23.5 Å². The third-order valence-corrected chi connectivity index (χ3v) is 2.75. The summed E-state index contributed by atoms with van der Waals surface area (Å²) in [7, 11) is 0. The third-order valence-electron chi connectivity index (χ3n) is 2.75. The van der Waals surface area contributed by atoms with Crippen molar-refractivity contribution in [1.29, 1.82) is 0 Å². The molecule has 1 aromatic heterocycles. The number of hydrogen-bond donors (Lipinski definition) is 2. The summed E-state index contributed by atoms with van der Waals surface area (Å²) in [5.41, 5.74) is 4.93. The largest absolute Gasteiger partial charge is 0.451 e. The minimum absolute atomic E-state index is 0.0382. The normalized spacial score (nSPS) is 9.92. The first-order valence-corrected chi connectivity index (χ1v) is 6.76. The van der Waals surface area contributed by atoms with Gasteiger partial charge in [0.05, 0.1) is 11.9 Å². The van der Waals surface area contributed by atoms with Gasteiger partial charge in [0.1, 0.15) is 5.82 Å². The van der Waals surface area contributed by atoms with Crippen LogP contribution in [0.25, 0.3) is 0 Å². The highest BCUT2D eigenvalue weighted by Crippen LogP contribution is 2.02. The minimum atomic E-state index is -0.817. The van der Waals surface area contributed by atoms with Gasteiger partial charge in [0.15, 0.2) is 12.3 Å². The first-order chi connectivity index (χ1) is 11.5. The number of benzene rings is 1. The summed E-state index contributed by atoms with van der Waals surface area (Å²) in [4.78, 5) is 42.5. The molecule has 2 N–H and O–H groups in total. The van der Waals surface area contributed by atoms with E-state index in [1.807, 2.05) is 0 Å². The molecule has 0 saturated heterocycles. The van der Waals surface area contributed by atoms with E-state index in [0.717, 1.165) is 12.1 Å². The topological polar surface area (TPSA) is 110 Å². The highest BCUT2D eigenvalue weighted by Gasteiger charge is 2.13. The smallest absolute Gasteiger partial charge is 0.359 e. The number of aromatic nitrogens is 2. The summed E-state index contributed by atoms with van der Waals surface area (Å²) in [6, 6.07) is 4.74. The Bertz CT molecular complexity index is 684. The fraction of sp³-hybridized carbons (Fsp3) is 0.133. The predicted octanol–water partition coefficient (Wildman–Crippen LogP) is 0.542. The molecule has 0 bridgehead atoms. The van der Waals surface area contributed by atoms with Gasteiger partial charge in [-0.1, -0.05) is 0 Å². The minimum Gasteiger partial charge on any atom is -0.451 e. The molecule has 0 saturated carbocycles. The van der Waals surface area contributed by atoms with Gasteiger partial charge in [-0.2, -0.15) is 0 Å². The van der Waals surface area contributed by atoms with Crippen LogP contribution in [0, 0.1) is 12.7 Å². The summed E-state index contributed by atoms with van der Waals surface area (Å²) >= 11 is 0. The van der Waals surface area contributed by atoms with Crippen molar-refractivity contribution in [3.8, 4) is 0 Å². The standard InChI is InChI=1S/C15H13FN4O4/c1-9-6-18-12(7-17-9)15(23)24-8-13(21)19-20-14(22)10-2-4-11(16)5-3-10/h2-7H,8H2,1H3,(H,19,21)(H,20,22). The molecule has 124 valence electrons. The number of halogens is 1. The van der Waals surface area contributed by atoms with Gasteiger partial charge in [-0.05, 0) is 31.2 Å². The van der Waals surface area contributed by atoms with Gasteiger partial charge < -0.3 is 4.74 Å². The van der Waals surface area contributed by atoms with E-state index < -0.39 is 30.2 Å². The first-order valence-electron chi connectivity index (χ1n) is 6.76. The number of aryl methyl sites for hydroxylation is 1. The van der Waals surface area contributed by atoms with Crippen LogP contribution in [0.1, 0.15) is 26.5 Å². The van der Waals surface area contributed by atoms with E-state index in [2.05, 4.69) is 20.8 Å². The van der Waals surface area contributed by atoms with Crippen molar-refractivity contribution in [3.63, 3.8) is 0 Å². The fourth-order valence-electron chi connectivity index (χ4n) is 1.54. The Morgan fingerprint density at radius 1 is 1.08 bits per heavy atom. The lowest BCUT2D eigenvalue weighted by Crippen LogP contribution is -2.43. The molecule has 2 rings (SSSR count). The van der Waals surface area contributed by atoms with Crippen LogP contribution in [-0.4, -0.2) is 34.4 Å². The van der Waals surface area contributed by atoms with E-state index in [0.29, 0.717) is 5.69 Å². The highest BCUT2D eigenvalue weighted by molar-refractivity contribution is 5.95. The summed E-state index contributed by atoms with van der Waals surface area (Å²) in [5, 5.41) is 0. The number of ether oxygens (including phenoxy) is 1. The molecule has 2 amide bonds. The van der Waals surface area contributed by atoms with Crippen LogP contribution in [0.3, 0.4) is 0 Å². The van der Waals surface area contributed by atoms with E-state index >= 15 is 0 Å². The molecule has 8 nitrogen and oxygen atoms in total. The lowest BCUT2D eigenvalue weighted by molar-refractivity contribution is -0.125. The monoisotopic (exact) mass is 332 g/mol. The molecular weight excluding hydrogens is 319 g/mol. The first kappa shape index (κ1) is 17.0. The van der Waals surface area contributed by atoms with Crippen molar-refractivity contribution >= 4 is 17.8 Å². The lowest BCUT2D eigenvalue weighted by atomic mass is 10.2. The molecule has 1 heterocycles. The van der Waals surface area contributed by atoms with E-state index in [-0.39, 0.29) is 11.3 Å². The van der Waals surface area contributed by atoms with E-state index in [1.165, 1.54) is 24.5 Å². The molecule has 0 aliphatic heterocycles. The zero-order chi connectivity index (χ0) is 17.5. The number of hydrazine groups is 1. The number of hydrogen-bond acceptors (Lipinski definition) is 6. The number of esters is 1. The van der Waals surface area contributed by atoms with Crippen molar-refractivity contribution in [2.24, 2.45) is 0 Å². The van der Waals surface area contributed by atoms with Gasteiger partial charge >= 0.3 is 5.97 Å². The van der Waals surface area contributed by atoms with Gasteiger partial charge in [-0.15, -0.1) is 0 Å². The fourth-order valence-corrected chi connectivity index (χ4v) is 1.54. The molecule has 0 aliphatic rings. The van der Waals surface area contributed by atoms with Crippen LogP contribution in [-0.2, 0) is 9.53 Å². The Balaban J connectivity index is 1.77. The second-order valence-corrected chi connectivity index (χ2v) is 4.63. The number of amides is 2. The SMILES string of the molecule is Cc1cnc(C(=O)OCC(=O)NNC(=O)c2ccc(F)cc2)cn1. The van der Waals surface area contributed by atoms with Crippen LogP contribution >= 0.6 is 0 Å². The molecule has 0 fully saturated rings. The van der Waals surface area contributed by atoms with Crippen LogP contribution in [0.5, 0.6) is 0 Å². The predicted molar refractivity (Wildman–Crippen MR) is 79.1 cm³/mol. The van der Waals surface area contributed by atoms with Crippen LogP contribution in [0.15, 0.2) is 36.7 Å². The molecule has 0 atom stereocenters. The number of nitrogens with zero attached hydrogens (tertiary/aromatic N) is 2. The average molecular weight is 332 g/mol. The van der Waals surface area contributed by atoms with Crippen LogP contribution in [0.4, 0.5) is 4.39 Å². The zero-order valence-electron chi connectivity index (χ0n) is 12.6. The van der Waals surface area contributed by atoms with Gasteiger partial charge in [0.25, 0.3) is 11.8 Å². The Labute approximate surface area is 136 Å². The van der Waals surface area contributed by atoms with Gasteiger partial charge in [-0.25, -0.2) is 14.2 Å². The van der Waals surface area contributed by atoms with Gasteiger partial charge in [0.2, 0.25) is 0 Å². The van der Waals surface area contributed by atoms with E-state index in [9.17, 15) is 18.8 Å². The number of carbonyl (C=O) groups is 3. The van der Waals surface area contributed by atoms with Crippen molar-refractivity contribution in [2.75, 3.05) is 6.61 Å². The summed E-state index contributed by atoms with van der Waals surface area (Å²) < 4.78 is 17.5. The maximum atomic E-state index is 12.7. The molecule has 24 heavy (non-hydrogen) atoms. The Morgan fingerprint density at radius 2 is 1.79 bits per heavy atom. The molecule has 0 aliphatic carbocycles. The third kappa shape index (κ3) is 4.83. The van der Waals surface area contributed by atoms with Crippen molar-refractivity contribution in [2.45, 2.75) is 6.92 Å². The molecule has 0 radical (unpaired) electrons. The quantitative estimate of drug-likeness (QED) is 0.625. The van der Waals surface area contributed by atoms with Crippen LogP contribution in [0.2, 0.25) is 0 Å². The van der Waals surface area contributed by atoms with E-state index in [4.69, 9.17) is 4.74 Å². The molecule has 9 heteroatoms.